The van der Waals surface area contributed by atoms with Crippen molar-refractivity contribution in [3.63, 3.8) is 0 Å². The first-order chi connectivity index (χ1) is 5.66. The normalized spacial score (nSPS) is 7.00. The van der Waals surface area contributed by atoms with Gasteiger partial charge in [0.1, 0.15) is 0 Å². The maximum absolute atomic E-state index is 8.90. The van der Waals surface area contributed by atoms with E-state index in [0.717, 1.165) is 0 Å². The molecule has 0 aromatic carbocycles. The summed E-state index contributed by atoms with van der Waals surface area (Å²) in [6, 6.07) is 0. The molecule has 0 saturated carbocycles. The van der Waals surface area contributed by atoms with Gasteiger partial charge in [-0.2, -0.15) is 0 Å². The third-order valence-corrected chi connectivity index (χ3v) is 0. The van der Waals surface area contributed by atoms with Gasteiger partial charge in [0.05, 0.1) is 0 Å². The van der Waals surface area contributed by atoms with Gasteiger partial charge in [-0.15, -0.1) is 0 Å². The van der Waals surface area contributed by atoms with E-state index in [0.29, 0.717) is 0 Å². The Balaban J connectivity index is -0.0000000356. The molecule has 0 rings (SSSR count). The van der Waals surface area contributed by atoms with Crippen LogP contribution in [-0.2, 0) is 18.3 Å². The molecule has 0 heterocycles. The Bertz CT molecular complexity index is 73.1. The third-order valence-electron chi connectivity index (χ3n) is 0. The average Bonchev–Trinajstić information content (AvgIpc) is 1.92. The van der Waals surface area contributed by atoms with Gasteiger partial charge in [0.2, 0.25) is 0 Å². The molecule has 72 valence electrons. The molecular formula is C4H12O4P4. The average molecular weight is 248 g/mol. The molecular weight excluding hydrogens is 236 g/mol. The summed E-state index contributed by atoms with van der Waals surface area (Å²) in [4.78, 5) is 0. The maximum Gasteiger partial charge on any atom is 0.151 e. The van der Waals surface area contributed by atoms with E-state index in [1.165, 1.54) is 0 Å². The second-order valence-electron chi connectivity index (χ2n) is 0.730. The van der Waals surface area contributed by atoms with Gasteiger partial charge in [-0.05, 0) is 0 Å². The first kappa shape index (κ1) is 22.8. The number of hydrogen-bond donors (Lipinski definition) is 0. The lowest BCUT2D eigenvalue weighted by molar-refractivity contribution is 0.600. The van der Waals surface area contributed by atoms with Crippen molar-refractivity contribution in [3.05, 3.63) is 0 Å². The molecule has 0 aliphatic carbocycles. The quantitative estimate of drug-likeness (QED) is 0.613. The second kappa shape index (κ2) is 63.7. The SMILES string of the molecule is CP=O.CP=O.CP=O.CP=O. The molecule has 0 spiro atoms. The highest BCUT2D eigenvalue weighted by Gasteiger charge is 1.28. The number of hydrogen-bond acceptors (Lipinski definition) is 4. The minimum atomic E-state index is 0.167. The summed E-state index contributed by atoms with van der Waals surface area (Å²) < 4.78 is 35.6. The van der Waals surface area contributed by atoms with E-state index < -0.39 is 0 Å². The minimum Gasteiger partial charge on any atom is -0.275 e. The first-order valence-electron chi connectivity index (χ1n) is 2.52. The van der Waals surface area contributed by atoms with Crippen molar-refractivity contribution in [2.24, 2.45) is 0 Å². The molecule has 0 radical (unpaired) electrons. The Morgan fingerprint density at radius 1 is 0.500 bits per heavy atom. The van der Waals surface area contributed by atoms with E-state index in [1.807, 2.05) is 0 Å². The van der Waals surface area contributed by atoms with E-state index in [2.05, 4.69) is 0 Å². The minimum absolute atomic E-state index is 0.167. The molecule has 4 nitrogen and oxygen atoms in total. The highest BCUT2D eigenvalue weighted by Crippen LogP contribution is 1.68. The second-order valence-corrected chi connectivity index (χ2v) is 2.19. The molecule has 0 bridgehead atoms. The Morgan fingerprint density at radius 2 is 0.500 bits per heavy atom. The summed E-state index contributed by atoms with van der Waals surface area (Å²) in [6.45, 7) is 6.17. The Kier molecular flexibility index (Phi) is 121. The van der Waals surface area contributed by atoms with Gasteiger partial charge in [0.15, 0.2) is 33.8 Å². The largest absolute Gasteiger partial charge is 0.275 e. The van der Waals surface area contributed by atoms with Crippen LogP contribution in [0.25, 0.3) is 0 Å². The summed E-state index contributed by atoms with van der Waals surface area (Å²) in [5.74, 6) is 0. The Hall–Kier alpha value is 0.400. The van der Waals surface area contributed by atoms with Gasteiger partial charge >= 0.3 is 0 Å². The molecule has 0 amide bonds. The van der Waals surface area contributed by atoms with Crippen LogP contribution in [0.15, 0.2) is 0 Å². The van der Waals surface area contributed by atoms with E-state index in [9.17, 15) is 0 Å². The maximum atomic E-state index is 8.90. The van der Waals surface area contributed by atoms with Gasteiger partial charge in [-0.25, -0.2) is 0 Å². The molecule has 0 atom stereocenters. The fourth-order valence-electron chi connectivity index (χ4n) is 0. The standard InChI is InChI=1S/4CH3OP/c4*1-3-2/h4*1H3. The van der Waals surface area contributed by atoms with Gasteiger partial charge in [-0.1, -0.05) is 0 Å². The van der Waals surface area contributed by atoms with Crippen molar-refractivity contribution in [3.8, 4) is 0 Å². The van der Waals surface area contributed by atoms with Crippen molar-refractivity contribution in [1.29, 1.82) is 0 Å². The fraction of sp³-hybridized carbons (Fsp3) is 1.00. The summed E-state index contributed by atoms with van der Waals surface area (Å²) in [6.07, 6.45) is 0. The summed E-state index contributed by atoms with van der Waals surface area (Å²) in [5.41, 5.74) is 0. The van der Waals surface area contributed by atoms with Crippen LogP contribution in [0.4, 0.5) is 0 Å². The molecule has 0 fully saturated rings. The van der Waals surface area contributed by atoms with Gasteiger partial charge in [0, 0.05) is 26.7 Å². The molecule has 0 N–H and O–H groups in total. The van der Waals surface area contributed by atoms with Crippen LogP contribution in [0.2, 0.25) is 0 Å². The van der Waals surface area contributed by atoms with Gasteiger partial charge < -0.3 is 0 Å². The molecule has 0 unspecified atom stereocenters. The summed E-state index contributed by atoms with van der Waals surface area (Å²) >= 11 is 0. The third kappa shape index (κ3) is 5740. The Labute approximate surface area is 79.3 Å². The van der Waals surface area contributed by atoms with E-state index in [4.69, 9.17) is 18.3 Å². The summed E-state index contributed by atoms with van der Waals surface area (Å²) in [5, 5.41) is 0. The van der Waals surface area contributed by atoms with Crippen LogP contribution in [0, 0.1) is 0 Å². The van der Waals surface area contributed by atoms with Crippen LogP contribution in [0.3, 0.4) is 0 Å². The van der Waals surface area contributed by atoms with Crippen molar-refractivity contribution < 1.29 is 18.3 Å². The highest BCUT2D eigenvalue weighted by molar-refractivity contribution is 7.23. The van der Waals surface area contributed by atoms with Gasteiger partial charge in [-0.3, -0.25) is 18.3 Å². The van der Waals surface area contributed by atoms with E-state index in [-0.39, 0.29) is 33.8 Å². The van der Waals surface area contributed by atoms with Crippen molar-refractivity contribution in [2.75, 3.05) is 26.7 Å². The van der Waals surface area contributed by atoms with Crippen LogP contribution in [0.5, 0.6) is 0 Å². The molecule has 0 aromatic heterocycles. The monoisotopic (exact) mass is 248 g/mol. The zero-order valence-corrected chi connectivity index (χ0v) is 11.0. The van der Waals surface area contributed by atoms with Crippen LogP contribution in [0.1, 0.15) is 0 Å². The van der Waals surface area contributed by atoms with Crippen molar-refractivity contribution >= 4 is 33.8 Å². The zero-order chi connectivity index (χ0) is 10.8. The van der Waals surface area contributed by atoms with Crippen molar-refractivity contribution in [2.45, 2.75) is 0 Å². The smallest absolute Gasteiger partial charge is 0.151 e. The topological polar surface area (TPSA) is 68.3 Å². The predicted molar refractivity (Wildman–Crippen MR) is 54.1 cm³/mol. The summed E-state index contributed by atoms with van der Waals surface area (Å²) in [7, 11) is 0.667. The Morgan fingerprint density at radius 3 is 0.500 bits per heavy atom. The molecule has 0 aromatic rings. The lowest BCUT2D eigenvalue weighted by atomic mass is 12.0. The van der Waals surface area contributed by atoms with E-state index in [1.54, 1.807) is 26.7 Å². The van der Waals surface area contributed by atoms with Crippen molar-refractivity contribution in [1.82, 2.24) is 0 Å². The molecule has 12 heavy (non-hydrogen) atoms. The molecule has 0 aliphatic rings. The van der Waals surface area contributed by atoms with Crippen LogP contribution in [-0.4, -0.2) is 26.7 Å². The fourth-order valence-corrected chi connectivity index (χ4v) is 0. The van der Waals surface area contributed by atoms with E-state index >= 15 is 0 Å². The lowest BCUT2D eigenvalue weighted by Crippen LogP contribution is -0.988. The lowest BCUT2D eigenvalue weighted by Gasteiger charge is -1.20. The van der Waals surface area contributed by atoms with Crippen LogP contribution < -0.4 is 0 Å². The predicted octanol–water partition coefficient (Wildman–Crippen LogP) is 3.63. The molecule has 8 heteroatoms. The van der Waals surface area contributed by atoms with Gasteiger partial charge in [0.25, 0.3) is 0 Å². The highest BCUT2D eigenvalue weighted by atomic mass is 31.1. The zero-order valence-electron chi connectivity index (χ0n) is 7.42. The first-order valence-corrected chi connectivity index (χ1v) is 7.56. The van der Waals surface area contributed by atoms with Crippen LogP contribution >= 0.6 is 33.8 Å². The number of rotatable bonds is 0. The molecule has 0 saturated heterocycles. The molecule has 0 aliphatic heterocycles.